The number of nitrogens with zero attached hydrogens (tertiary/aromatic N) is 2. The van der Waals surface area contributed by atoms with Crippen LogP contribution in [0.2, 0.25) is 0 Å². The Kier molecular flexibility index (Phi) is 2.91. The lowest BCUT2D eigenvalue weighted by Gasteiger charge is -2.17. The molecule has 0 saturated heterocycles. The van der Waals surface area contributed by atoms with Gasteiger partial charge in [0.05, 0.1) is 5.69 Å². The van der Waals surface area contributed by atoms with Gasteiger partial charge in [0, 0.05) is 0 Å². The second kappa shape index (κ2) is 4.13. The molecule has 0 radical (unpaired) electrons. The van der Waals surface area contributed by atoms with Crippen molar-refractivity contribution in [2.24, 2.45) is 5.73 Å². The molecule has 15 heavy (non-hydrogen) atoms. The van der Waals surface area contributed by atoms with E-state index in [0.717, 1.165) is 0 Å². The van der Waals surface area contributed by atoms with Crippen LogP contribution in [0.5, 0.6) is 5.75 Å². The van der Waals surface area contributed by atoms with E-state index in [9.17, 15) is 10.1 Å². The van der Waals surface area contributed by atoms with Crippen molar-refractivity contribution < 1.29 is 15.1 Å². The maximum Gasteiger partial charge on any atom is 0.317 e. The van der Waals surface area contributed by atoms with Gasteiger partial charge in [0.25, 0.3) is 0 Å². The lowest BCUT2D eigenvalue weighted by molar-refractivity contribution is -0.758. The molecule has 0 heterocycles. The van der Waals surface area contributed by atoms with E-state index in [4.69, 9.17) is 16.2 Å². The van der Waals surface area contributed by atoms with Gasteiger partial charge in [-0.2, -0.15) is 4.94 Å². The standard InChI is InChI=1S/C7H8N4O4/c8-7(9)10(15-11(13)14)5-1-3-6(12)4-2-5/h1-4,12H,(H3,8,9). The second-order valence-corrected chi connectivity index (χ2v) is 2.50. The number of phenols is 1. The highest BCUT2D eigenvalue weighted by Gasteiger charge is 2.13. The third-order valence-corrected chi connectivity index (χ3v) is 1.45. The highest BCUT2D eigenvalue weighted by molar-refractivity contribution is 5.90. The Morgan fingerprint density at radius 2 is 2.07 bits per heavy atom. The number of phenolic OH excluding ortho intramolecular Hbond substituents is 1. The van der Waals surface area contributed by atoms with E-state index >= 15 is 0 Å². The van der Waals surface area contributed by atoms with Crippen molar-refractivity contribution in [2.45, 2.75) is 0 Å². The van der Waals surface area contributed by atoms with Gasteiger partial charge in [-0.3, -0.25) is 5.41 Å². The lowest BCUT2D eigenvalue weighted by Crippen LogP contribution is -2.38. The van der Waals surface area contributed by atoms with Crippen molar-refractivity contribution in [3.05, 3.63) is 34.4 Å². The molecule has 0 saturated carbocycles. The SMILES string of the molecule is N=C(N)N(O[N+](=O)[O-])c1ccc(O)cc1. The van der Waals surface area contributed by atoms with E-state index in [2.05, 4.69) is 4.94 Å². The minimum Gasteiger partial charge on any atom is -0.508 e. The van der Waals surface area contributed by atoms with Crippen LogP contribution in [0.4, 0.5) is 5.69 Å². The van der Waals surface area contributed by atoms with Crippen LogP contribution < -0.4 is 10.8 Å². The van der Waals surface area contributed by atoms with E-state index in [1.807, 2.05) is 0 Å². The predicted octanol–water partition coefficient (Wildman–Crippen LogP) is 0.215. The molecule has 0 amide bonds. The van der Waals surface area contributed by atoms with Crippen LogP contribution >= 0.6 is 0 Å². The van der Waals surface area contributed by atoms with Crippen LogP contribution in [-0.4, -0.2) is 16.2 Å². The number of rotatable bonds is 3. The molecule has 0 aliphatic carbocycles. The fraction of sp³-hybridized carbons (Fsp3) is 0. The Hall–Kier alpha value is -2.51. The fourth-order valence-electron chi connectivity index (χ4n) is 0.885. The summed E-state index contributed by atoms with van der Waals surface area (Å²) in [5.41, 5.74) is 5.24. The van der Waals surface area contributed by atoms with Crippen molar-refractivity contribution >= 4 is 11.6 Å². The zero-order valence-corrected chi connectivity index (χ0v) is 7.45. The molecule has 0 fully saturated rings. The van der Waals surface area contributed by atoms with Crippen molar-refractivity contribution in [1.29, 1.82) is 5.41 Å². The number of guanidine groups is 1. The topological polar surface area (TPSA) is 126 Å². The first-order valence-electron chi connectivity index (χ1n) is 3.76. The molecule has 8 heteroatoms. The number of anilines is 1. The van der Waals surface area contributed by atoms with Crippen LogP contribution in [-0.2, 0) is 4.94 Å². The Labute approximate surface area is 84.1 Å². The molecule has 1 aromatic rings. The number of benzene rings is 1. The first-order chi connectivity index (χ1) is 7.00. The van der Waals surface area contributed by atoms with Crippen LogP contribution in [0.25, 0.3) is 0 Å². The van der Waals surface area contributed by atoms with Crippen LogP contribution in [0.15, 0.2) is 24.3 Å². The molecule has 0 aliphatic heterocycles. The Morgan fingerprint density at radius 1 is 1.53 bits per heavy atom. The molecule has 1 aromatic carbocycles. The smallest absolute Gasteiger partial charge is 0.317 e. The largest absolute Gasteiger partial charge is 0.508 e. The van der Waals surface area contributed by atoms with Crippen LogP contribution in [0, 0.1) is 15.5 Å². The summed E-state index contributed by atoms with van der Waals surface area (Å²) in [4.78, 5) is 14.2. The van der Waals surface area contributed by atoms with Gasteiger partial charge in [-0.15, -0.1) is 15.2 Å². The van der Waals surface area contributed by atoms with Crippen molar-refractivity contribution in [3.63, 3.8) is 0 Å². The molecule has 8 nitrogen and oxygen atoms in total. The second-order valence-electron chi connectivity index (χ2n) is 2.50. The minimum atomic E-state index is -1.09. The summed E-state index contributed by atoms with van der Waals surface area (Å²) >= 11 is 0. The van der Waals surface area contributed by atoms with Gasteiger partial charge >= 0.3 is 5.09 Å². The summed E-state index contributed by atoms with van der Waals surface area (Å²) < 4.78 is 0. The summed E-state index contributed by atoms with van der Waals surface area (Å²) in [5.74, 6) is -0.652. The Balaban J connectivity index is 2.94. The monoisotopic (exact) mass is 212 g/mol. The van der Waals surface area contributed by atoms with Gasteiger partial charge in [-0.05, 0) is 24.3 Å². The number of nitrogens with two attached hydrogens (primary N) is 1. The van der Waals surface area contributed by atoms with E-state index in [1.54, 1.807) is 0 Å². The molecule has 0 bridgehead atoms. The first-order valence-corrected chi connectivity index (χ1v) is 3.76. The molecular formula is C7H8N4O4. The van der Waals surface area contributed by atoms with Crippen molar-refractivity contribution in [2.75, 3.05) is 5.06 Å². The molecule has 0 aliphatic rings. The average molecular weight is 212 g/mol. The van der Waals surface area contributed by atoms with Gasteiger partial charge in [0.2, 0.25) is 5.96 Å². The van der Waals surface area contributed by atoms with Crippen molar-refractivity contribution in [3.8, 4) is 5.75 Å². The molecule has 0 unspecified atom stereocenters. The van der Waals surface area contributed by atoms with Gasteiger partial charge in [-0.1, -0.05) is 0 Å². The quantitative estimate of drug-likeness (QED) is 0.284. The normalized spacial score (nSPS) is 9.33. The summed E-state index contributed by atoms with van der Waals surface area (Å²) in [6.07, 6.45) is 0. The highest BCUT2D eigenvalue weighted by atomic mass is 17.0. The molecule has 0 spiro atoms. The average Bonchev–Trinajstić information content (AvgIpc) is 2.15. The summed E-state index contributed by atoms with van der Waals surface area (Å²) in [6, 6.07) is 5.21. The zero-order valence-electron chi connectivity index (χ0n) is 7.45. The maximum absolute atomic E-state index is 10.1. The number of hydrogen-bond acceptors (Lipinski definition) is 5. The first kappa shape index (κ1) is 10.6. The summed E-state index contributed by atoms with van der Waals surface area (Å²) in [5, 5.41) is 25.5. The maximum atomic E-state index is 10.1. The van der Waals surface area contributed by atoms with E-state index < -0.39 is 11.0 Å². The molecule has 80 valence electrons. The number of hydrogen-bond donors (Lipinski definition) is 3. The summed E-state index contributed by atoms with van der Waals surface area (Å²) in [6.45, 7) is 0. The Morgan fingerprint density at radius 3 is 2.47 bits per heavy atom. The third-order valence-electron chi connectivity index (χ3n) is 1.45. The molecule has 4 N–H and O–H groups in total. The lowest BCUT2D eigenvalue weighted by atomic mass is 10.3. The third kappa shape index (κ3) is 2.72. The predicted molar refractivity (Wildman–Crippen MR) is 50.6 cm³/mol. The van der Waals surface area contributed by atoms with Gasteiger partial charge < -0.3 is 10.8 Å². The van der Waals surface area contributed by atoms with Gasteiger partial charge in [-0.25, -0.2) is 0 Å². The number of aromatic hydroxyl groups is 1. The molecule has 0 aromatic heterocycles. The Bertz CT molecular complexity index is 377. The fourth-order valence-corrected chi connectivity index (χ4v) is 0.885. The van der Waals surface area contributed by atoms with E-state index in [1.165, 1.54) is 24.3 Å². The van der Waals surface area contributed by atoms with Crippen LogP contribution in [0.1, 0.15) is 0 Å². The van der Waals surface area contributed by atoms with Gasteiger partial charge in [0.15, 0.2) is 0 Å². The highest BCUT2D eigenvalue weighted by Crippen LogP contribution is 2.18. The van der Waals surface area contributed by atoms with Crippen LogP contribution in [0.3, 0.4) is 0 Å². The summed E-state index contributed by atoms with van der Waals surface area (Å²) in [7, 11) is 0. The number of nitrogens with one attached hydrogen (secondary N) is 1. The molecule has 0 atom stereocenters. The molecular weight excluding hydrogens is 204 g/mol. The van der Waals surface area contributed by atoms with E-state index in [-0.39, 0.29) is 11.4 Å². The zero-order chi connectivity index (χ0) is 11.4. The number of hydroxylamine groups is 1. The van der Waals surface area contributed by atoms with Gasteiger partial charge in [0.1, 0.15) is 5.75 Å². The van der Waals surface area contributed by atoms with E-state index in [0.29, 0.717) is 5.06 Å². The minimum absolute atomic E-state index is 0.0108. The van der Waals surface area contributed by atoms with Crippen molar-refractivity contribution in [1.82, 2.24) is 0 Å². The molecule has 1 rings (SSSR count).